The summed E-state index contributed by atoms with van der Waals surface area (Å²) >= 11 is 2.29. The molecule has 0 radical (unpaired) electrons. The number of halogens is 3. The molecule has 0 spiro atoms. The Labute approximate surface area is 193 Å². The van der Waals surface area contributed by atoms with Crippen LogP contribution in [0.25, 0.3) is 21.5 Å². The Morgan fingerprint density at radius 3 is 2.82 bits per heavy atom. The fourth-order valence-corrected chi connectivity index (χ4v) is 4.90. The Balaban J connectivity index is 1.57. The minimum absolute atomic E-state index is 0.0312. The maximum absolute atomic E-state index is 13.2. The summed E-state index contributed by atoms with van der Waals surface area (Å²) in [6, 6.07) is 7.85. The fraction of sp³-hybridized carbons (Fsp3) is 0.136. The number of aromatic nitrogens is 2. The number of rotatable bonds is 7. The molecule has 33 heavy (non-hydrogen) atoms. The summed E-state index contributed by atoms with van der Waals surface area (Å²) in [7, 11) is 0. The van der Waals surface area contributed by atoms with Gasteiger partial charge >= 0.3 is 6.18 Å². The lowest BCUT2D eigenvalue weighted by Gasteiger charge is -2.11. The molecule has 0 aliphatic carbocycles. The number of nitrogens with one attached hydrogen (secondary N) is 1. The van der Waals surface area contributed by atoms with Crippen LogP contribution in [0.3, 0.4) is 0 Å². The smallest absolute Gasteiger partial charge is 0.416 e. The van der Waals surface area contributed by atoms with Crippen LogP contribution < -0.4 is 10.9 Å². The van der Waals surface area contributed by atoms with E-state index in [2.05, 4.69) is 16.9 Å². The van der Waals surface area contributed by atoms with Crippen LogP contribution in [0, 0.1) is 0 Å². The SMILES string of the molecule is C=CCn1c(SCC(=O)Nc2cccc(C(F)(F)F)c2)nc2scc(-c3ccco3)c2c1=O. The molecule has 6 nitrogen and oxygen atoms in total. The fourth-order valence-electron chi connectivity index (χ4n) is 3.12. The van der Waals surface area contributed by atoms with Crippen LogP contribution in [0.15, 0.2) is 75.1 Å². The maximum Gasteiger partial charge on any atom is 0.416 e. The molecule has 0 saturated heterocycles. The zero-order valence-electron chi connectivity index (χ0n) is 16.9. The number of carbonyl (C=O) groups excluding carboxylic acids is 1. The highest BCUT2D eigenvalue weighted by atomic mass is 32.2. The second kappa shape index (κ2) is 9.28. The van der Waals surface area contributed by atoms with Crippen LogP contribution in [0.1, 0.15) is 5.56 Å². The van der Waals surface area contributed by atoms with Crippen molar-refractivity contribution >= 4 is 44.9 Å². The van der Waals surface area contributed by atoms with Gasteiger partial charge < -0.3 is 9.73 Å². The lowest BCUT2D eigenvalue weighted by molar-refractivity contribution is -0.137. The molecule has 4 aromatic rings. The van der Waals surface area contributed by atoms with E-state index in [0.717, 1.165) is 23.9 Å². The Morgan fingerprint density at radius 1 is 1.30 bits per heavy atom. The molecule has 3 aromatic heterocycles. The number of anilines is 1. The van der Waals surface area contributed by atoms with E-state index in [0.29, 0.717) is 26.7 Å². The number of furan rings is 1. The van der Waals surface area contributed by atoms with E-state index in [4.69, 9.17) is 4.42 Å². The molecule has 1 N–H and O–H groups in total. The Hall–Kier alpha value is -3.31. The Morgan fingerprint density at radius 2 is 2.12 bits per heavy atom. The third kappa shape index (κ3) is 4.88. The summed E-state index contributed by atoms with van der Waals surface area (Å²) in [4.78, 5) is 30.6. The van der Waals surface area contributed by atoms with Gasteiger partial charge in [0.05, 0.1) is 23.0 Å². The number of hydrogen-bond acceptors (Lipinski definition) is 6. The summed E-state index contributed by atoms with van der Waals surface area (Å²) in [5, 5.41) is 4.95. The van der Waals surface area contributed by atoms with Crippen LogP contribution in [-0.4, -0.2) is 21.2 Å². The summed E-state index contributed by atoms with van der Waals surface area (Å²) in [5.41, 5.74) is -0.490. The molecule has 0 unspecified atom stereocenters. The minimum Gasteiger partial charge on any atom is -0.464 e. The van der Waals surface area contributed by atoms with Gasteiger partial charge in [0.1, 0.15) is 10.6 Å². The monoisotopic (exact) mass is 491 g/mol. The molecule has 1 amide bonds. The first-order valence-corrected chi connectivity index (χ1v) is 11.4. The van der Waals surface area contributed by atoms with Crippen molar-refractivity contribution in [2.75, 3.05) is 11.1 Å². The Bertz CT molecular complexity index is 1380. The lowest BCUT2D eigenvalue weighted by atomic mass is 10.2. The first-order chi connectivity index (χ1) is 15.8. The molecule has 3 heterocycles. The molecule has 0 fully saturated rings. The summed E-state index contributed by atoms with van der Waals surface area (Å²) < 4.78 is 45.5. The van der Waals surface area contributed by atoms with Gasteiger partial charge in [-0.15, -0.1) is 17.9 Å². The topological polar surface area (TPSA) is 77.1 Å². The number of thiophene rings is 1. The van der Waals surface area contributed by atoms with E-state index in [9.17, 15) is 22.8 Å². The van der Waals surface area contributed by atoms with Gasteiger partial charge in [-0.3, -0.25) is 14.2 Å². The second-order valence-electron chi connectivity index (χ2n) is 6.82. The predicted octanol–water partition coefficient (Wildman–Crippen LogP) is 5.65. The average molecular weight is 492 g/mol. The third-order valence-electron chi connectivity index (χ3n) is 4.56. The van der Waals surface area contributed by atoms with Crippen molar-refractivity contribution in [1.29, 1.82) is 0 Å². The largest absolute Gasteiger partial charge is 0.464 e. The van der Waals surface area contributed by atoms with Crippen LogP contribution in [0.2, 0.25) is 0 Å². The molecular formula is C22H16F3N3O3S2. The van der Waals surface area contributed by atoms with Crippen molar-refractivity contribution in [2.45, 2.75) is 17.9 Å². The summed E-state index contributed by atoms with van der Waals surface area (Å²) in [6.07, 6.45) is -1.45. The van der Waals surface area contributed by atoms with Crippen molar-refractivity contribution in [3.8, 4) is 11.3 Å². The van der Waals surface area contributed by atoms with E-state index in [1.54, 1.807) is 23.6 Å². The highest BCUT2D eigenvalue weighted by Gasteiger charge is 2.30. The number of alkyl halides is 3. The summed E-state index contributed by atoms with van der Waals surface area (Å²) in [6.45, 7) is 3.85. The number of thioether (sulfide) groups is 1. The number of fused-ring (bicyclic) bond motifs is 1. The molecule has 0 bridgehead atoms. The highest BCUT2D eigenvalue weighted by molar-refractivity contribution is 7.99. The van der Waals surface area contributed by atoms with E-state index in [-0.39, 0.29) is 23.5 Å². The first-order valence-electron chi connectivity index (χ1n) is 9.54. The number of carbonyl (C=O) groups is 1. The predicted molar refractivity (Wildman–Crippen MR) is 123 cm³/mol. The third-order valence-corrected chi connectivity index (χ3v) is 6.41. The second-order valence-corrected chi connectivity index (χ2v) is 8.62. The quantitative estimate of drug-likeness (QED) is 0.205. The average Bonchev–Trinajstić information content (AvgIpc) is 3.44. The van der Waals surface area contributed by atoms with Crippen LogP contribution in [-0.2, 0) is 17.5 Å². The van der Waals surface area contributed by atoms with E-state index < -0.39 is 17.6 Å². The van der Waals surface area contributed by atoms with Crippen molar-refractivity contribution in [3.05, 3.63) is 76.6 Å². The van der Waals surface area contributed by atoms with Gasteiger partial charge in [-0.05, 0) is 30.3 Å². The van der Waals surface area contributed by atoms with Crippen LogP contribution in [0.4, 0.5) is 18.9 Å². The van der Waals surface area contributed by atoms with Gasteiger partial charge in [-0.1, -0.05) is 23.9 Å². The van der Waals surface area contributed by atoms with E-state index >= 15 is 0 Å². The maximum atomic E-state index is 13.2. The molecule has 4 rings (SSSR count). The number of allylic oxidation sites excluding steroid dienone is 1. The number of hydrogen-bond donors (Lipinski definition) is 1. The van der Waals surface area contributed by atoms with E-state index in [1.165, 1.54) is 34.3 Å². The van der Waals surface area contributed by atoms with Gasteiger partial charge in [0.25, 0.3) is 5.56 Å². The zero-order valence-corrected chi connectivity index (χ0v) is 18.5. The Kier molecular flexibility index (Phi) is 6.43. The summed E-state index contributed by atoms with van der Waals surface area (Å²) in [5.74, 6) is -0.130. The van der Waals surface area contributed by atoms with Gasteiger partial charge in [-0.2, -0.15) is 13.2 Å². The molecule has 0 atom stereocenters. The number of benzene rings is 1. The number of nitrogens with zero attached hydrogens (tertiary/aromatic N) is 2. The van der Waals surface area contributed by atoms with E-state index in [1.807, 2.05) is 0 Å². The molecule has 0 saturated carbocycles. The highest BCUT2D eigenvalue weighted by Crippen LogP contribution is 2.33. The van der Waals surface area contributed by atoms with Crippen molar-refractivity contribution in [1.82, 2.24) is 9.55 Å². The molecule has 0 aliphatic heterocycles. The molecule has 1 aromatic carbocycles. The zero-order chi connectivity index (χ0) is 23.6. The van der Waals surface area contributed by atoms with Crippen LogP contribution in [0.5, 0.6) is 0 Å². The van der Waals surface area contributed by atoms with Crippen molar-refractivity contribution in [2.24, 2.45) is 0 Å². The normalized spacial score (nSPS) is 11.6. The van der Waals surface area contributed by atoms with Gasteiger partial charge in [0.2, 0.25) is 5.91 Å². The van der Waals surface area contributed by atoms with Crippen molar-refractivity contribution < 1.29 is 22.4 Å². The molecule has 0 aliphatic rings. The number of amides is 1. The van der Waals surface area contributed by atoms with Gasteiger partial charge in [0.15, 0.2) is 5.16 Å². The molecule has 11 heteroatoms. The minimum atomic E-state index is -4.51. The van der Waals surface area contributed by atoms with Gasteiger partial charge in [0, 0.05) is 23.2 Å². The first kappa shape index (κ1) is 22.9. The standard InChI is InChI=1S/C22H16F3N3O3S2/c1-2-8-28-20(30)18-15(16-7-4-9-31-16)11-32-19(18)27-21(28)33-12-17(29)26-14-6-3-5-13(10-14)22(23,24)25/h2-7,9-11H,1,8,12H2,(H,26,29). The van der Waals surface area contributed by atoms with Gasteiger partial charge in [-0.25, -0.2) is 4.98 Å². The molecule has 170 valence electrons. The molecular weight excluding hydrogens is 475 g/mol. The van der Waals surface area contributed by atoms with Crippen LogP contribution >= 0.6 is 23.1 Å². The lowest BCUT2D eigenvalue weighted by Crippen LogP contribution is -2.23. The van der Waals surface area contributed by atoms with Crippen molar-refractivity contribution in [3.63, 3.8) is 0 Å².